The number of amides is 1. The van der Waals surface area contributed by atoms with Crippen molar-refractivity contribution in [2.24, 2.45) is 5.92 Å². The molecule has 0 spiro atoms. The molecule has 4 rings (SSSR count). The molecule has 2 fully saturated rings. The fourth-order valence-corrected chi connectivity index (χ4v) is 4.65. The first-order valence-corrected chi connectivity index (χ1v) is 10.1. The average molecular weight is 359 g/mol. The van der Waals surface area contributed by atoms with Gasteiger partial charge in [-0.2, -0.15) is 0 Å². The van der Waals surface area contributed by atoms with E-state index in [1.165, 1.54) is 12.8 Å². The summed E-state index contributed by atoms with van der Waals surface area (Å²) in [6.45, 7) is 3.61. The molecule has 2 aliphatic rings. The number of carbonyl (C=O) groups is 1. The zero-order valence-electron chi connectivity index (χ0n) is 14.5. The third-order valence-corrected chi connectivity index (χ3v) is 6.19. The van der Waals surface area contributed by atoms with Crippen LogP contribution in [0.5, 0.6) is 0 Å². The summed E-state index contributed by atoms with van der Waals surface area (Å²) in [6, 6.07) is 3.97. The van der Waals surface area contributed by atoms with E-state index in [-0.39, 0.29) is 5.92 Å². The highest BCUT2D eigenvalue weighted by molar-refractivity contribution is 7.17. The Morgan fingerprint density at radius 3 is 2.44 bits per heavy atom. The molecule has 1 unspecified atom stereocenters. The molecule has 0 saturated carbocycles. The van der Waals surface area contributed by atoms with E-state index in [1.54, 1.807) is 11.3 Å². The van der Waals surface area contributed by atoms with Crippen LogP contribution in [0.15, 0.2) is 24.5 Å². The summed E-state index contributed by atoms with van der Waals surface area (Å²) in [5.74, 6) is 0.451. The Kier molecular flexibility index (Phi) is 5.01. The van der Waals surface area contributed by atoms with Crippen LogP contribution in [0.1, 0.15) is 38.5 Å². The normalized spacial score (nSPS) is 22.0. The molecule has 2 aliphatic heterocycles. The Bertz CT molecular complexity index is 690. The van der Waals surface area contributed by atoms with Gasteiger partial charge in [0, 0.05) is 38.6 Å². The Morgan fingerprint density at radius 2 is 1.68 bits per heavy atom. The van der Waals surface area contributed by atoms with Crippen molar-refractivity contribution in [1.82, 2.24) is 19.7 Å². The molecule has 134 valence electrons. The largest absolute Gasteiger partial charge is 0.346 e. The fourth-order valence-electron chi connectivity index (χ4n) is 3.80. The third-order valence-electron chi connectivity index (χ3n) is 5.19. The first-order valence-electron chi connectivity index (χ1n) is 9.32. The number of nitrogens with zero attached hydrogens (tertiary/aromatic N) is 5. The number of piperidine rings is 1. The van der Waals surface area contributed by atoms with Crippen LogP contribution in [0.4, 0.5) is 5.13 Å². The Labute approximate surface area is 152 Å². The summed E-state index contributed by atoms with van der Waals surface area (Å²) in [4.78, 5) is 17.3. The van der Waals surface area contributed by atoms with Crippen LogP contribution >= 0.6 is 11.3 Å². The maximum Gasteiger partial charge on any atom is 0.227 e. The summed E-state index contributed by atoms with van der Waals surface area (Å²) in [7, 11) is 0. The molecule has 0 bridgehead atoms. The van der Waals surface area contributed by atoms with Crippen LogP contribution in [0, 0.1) is 5.92 Å². The van der Waals surface area contributed by atoms with E-state index in [0.29, 0.717) is 5.91 Å². The molecule has 2 aromatic heterocycles. The van der Waals surface area contributed by atoms with Gasteiger partial charge in [0.05, 0.1) is 5.92 Å². The van der Waals surface area contributed by atoms with Gasteiger partial charge in [-0.25, -0.2) is 0 Å². The fraction of sp³-hybridized carbons (Fsp3) is 0.611. The minimum atomic E-state index is 0.103. The molecule has 0 aliphatic carbocycles. The second-order valence-corrected chi connectivity index (χ2v) is 7.92. The molecule has 0 N–H and O–H groups in total. The van der Waals surface area contributed by atoms with Crippen molar-refractivity contribution >= 4 is 22.4 Å². The number of hydrogen-bond acceptors (Lipinski definition) is 5. The van der Waals surface area contributed by atoms with Crippen LogP contribution in [-0.4, -0.2) is 51.8 Å². The van der Waals surface area contributed by atoms with Gasteiger partial charge in [0.25, 0.3) is 0 Å². The molecule has 7 heteroatoms. The van der Waals surface area contributed by atoms with Crippen LogP contribution in [0.2, 0.25) is 0 Å². The number of carbonyl (C=O) groups excluding carboxylic acids is 1. The van der Waals surface area contributed by atoms with Crippen molar-refractivity contribution in [2.45, 2.75) is 38.5 Å². The van der Waals surface area contributed by atoms with Gasteiger partial charge >= 0.3 is 0 Å². The van der Waals surface area contributed by atoms with Crippen molar-refractivity contribution in [3.8, 4) is 5.13 Å². The van der Waals surface area contributed by atoms with E-state index < -0.39 is 0 Å². The van der Waals surface area contributed by atoms with Crippen molar-refractivity contribution in [1.29, 1.82) is 0 Å². The average Bonchev–Trinajstić information content (AvgIpc) is 3.28. The lowest BCUT2D eigenvalue weighted by Gasteiger charge is -2.34. The van der Waals surface area contributed by atoms with Gasteiger partial charge in [0.2, 0.25) is 16.2 Å². The standard InChI is InChI=1S/C18H25N5OS/c24-16(21-9-3-1-2-4-10-21)15-8-7-13-23(14-15)18-20-19-17(25-18)22-11-5-6-12-22/h5-6,11-12,15H,1-4,7-10,13-14H2. The maximum absolute atomic E-state index is 12.9. The highest BCUT2D eigenvalue weighted by Gasteiger charge is 2.30. The van der Waals surface area contributed by atoms with Gasteiger partial charge in [-0.3, -0.25) is 9.36 Å². The molecule has 4 heterocycles. The zero-order valence-corrected chi connectivity index (χ0v) is 15.3. The molecule has 0 radical (unpaired) electrons. The number of anilines is 1. The summed E-state index contributed by atoms with van der Waals surface area (Å²) in [5.41, 5.74) is 0. The van der Waals surface area contributed by atoms with Crippen molar-refractivity contribution in [3.05, 3.63) is 24.5 Å². The number of hydrogen-bond donors (Lipinski definition) is 0. The van der Waals surface area contributed by atoms with E-state index in [0.717, 1.165) is 62.1 Å². The predicted molar refractivity (Wildman–Crippen MR) is 99.2 cm³/mol. The van der Waals surface area contributed by atoms with Crippen LogP contribution in [0.25, 0.3) is 5.13 Å². The van der Waals surface area contributed by atoms with E-state index >= 15 is 0 Å². The van der Waals surface area contributed by atoms with Gasteiger partial charge in [-0.15, -0.1) is 10.2 Å². The number of rotatable bonds is 3. The van der Waals surface area contributed by atoms with Crippen LogP contribution in [0.3, 0.4) is 0 Å². The Balaban J connectivity index is 1.43. The molecular formula is C18H25N5OS. The van der Waals surface area contributed by atoms with Gasteiger partial charge in [-0.05, 0) is 37.8 Å². The predicted octanol–water partition coefficient (Wildman–Crippen LogP) is 2.95. The third kappa shape index (κ3) is 3.71. The molecule has 1 atom stereocenters. The van der Waals surface area contributed by atoms with Gasteiger partial charge in [0.1, 0.15) is 0 Å². The topological polar surface area (TPSA) is 54.3 Å². The summed E-state index contributed by atoms with van der Waals surface area (Å²) >= 11 is 1.59. The zero-order chi connectivity index (χ0) is 17.1. The summed E-state index contributed by atoms with van der Waals surface area (Å²) in [5, 5.41) is 10.5. The van der Waals surface area contributed by atoms with Gasteiger partial charge in [-0.1, -0.05) is 24.2 Å². The van der Waals surface area contributed by atoms with E-state index in [4.69, 9.17) is 0 Å². The van der Waals surface area contributed by atoms with Crippen molar-refractivity contribution in [3.63, 3.8) is 0 Å². The summed E-state index contributed by atoms with van der Waals surface area (Å²) < 4.78 is 1.98. The maximum atomic E-state index is 12.9. The minimum Gasteiger partial charge on any atom is -0.346 e. The lowest BCUT2D eigenvalue weighted by molar-refractivity contribution is -0.135. The molecular weight excluding hydrogens is 334 g/mol. The summed E-state index contributed by atoms with van der Waals surface area (Å²) in [6.07, 6.45) is 10.8. The highest BCUT2D eigenvalue weighted by atomic mass is 32.1. The molecule has 2 aromatic rings. The lowest BCUT2D eigenvalue weighted by Crippen LogP contribution is -2.45. The van der Waals surface area contributed by atoms with Crippen molar-refractivity contribution < 1.29 is 4.79 Å². The molecule has 6 nitrogen and oxygen atoms in total. The van der Waals surface area contributed by atoms with E-state index in [2.05, 4.69) is 20.0 Å². The SMILES string of the molecule is O=C(C1CCCN(c2nnc(-n3cccc3)s2)C1)N1CCCCCC1. The van der Waals surface area contributed by atoms with Crippen LogP contribution < -0.4 is 4.90 Å². The van der Waals surface area contributed by atoms with Crippen molar-refractivity contribution in [2.75, 3.05) is 31.1 Å². The molecule has 2 saturated heterocycles. The minimum absolute atomic E-state index is 0.103. The Morgan fingerprint density at radius 1 is 0.960 bits per heavy atom. The second-order valence-electron chi connectivity index (χ2n) is 6.98. The first-order chi connectivity index (χ1) is 12.3. The molecule has 0 aromatic carbocycles. The smallest absolute Gasteiger partial charge is 0.227 e. The lowest BCUT2D eigenvalue weighted by atomic mass is 9.96. The highest BCUT2D eigenvalue weighted by Crippen LogP contribution is 2.29. The monoisotopic (exact) mass is 359 g/mol. The van der Waals surface area contributed by atoms with Crippen LogP contribution in [-0.2, 0) is 4.79 Å². The molecule has 1 amide bonds. The Hall–Kier alpha value is -1.89. The number of aromatic nitrogens is 3. The number of likely N-dealkylation sites (tertiary alicyclic amines) is 1. The quantitative estimate of drug-likeness (QED) is 0.845. The van der Waals surface area contributed by atoms with Gasteiger partial charge < -0.3 is 9.80 Å². The van der Waals surface area contributed by atoms with E-state index in [1.807, 2.05) is 29.1 Å². The first kappa shape index (κ1) is 16.6. The second kappa shape index (κ2) is 7.56. The van der Waals surface area contributed by atoms with E-state index in [9.17, 15) is 4.79 Å². The molecule has 25 heavy (non-hydrogen) atoms. The van der Waals surface area contributed by atoms with Gasteiger partial charge in [0.15, 0.2) is 0 Å².